The fourth-order valence-electron chi connectivity index (χ4n) is 6.03. The molecule has 3 aliphatic heterocycles. The Morgan fingerprint density at radius 3 is 2.60 bits per heavy atom. The van der Waals surface area contributed by atoms with Gasteiger partial charge in [-0.1, -0.05) is 12.1 Å². The van der Waals surface area contributed by atoms with Gasteiger partial charge in [-0.15, -0.1) is 0 Å². The number of nitrogens with one attached hydrogen (secondary N) is 2. The quantitative estimate of drug-likeness (QED) is 0.434. The van der Waals surface area contributed by atoms with Gasteiger partial charge in [-0.25, -0.2) is 17.5 Å². The summed E-state index contributed by atoms with van der Waals surface area (Å²) in [6.07, 6.45) is 1.75. The third-order valence-electron chi connectivity index (χ3n) is 8.15. The Hall–Kier alpha value is -3.96. The maximum atomic E-state index is 13.4. The van der Waals surface area contributed by atoms with Gasteiger partial charge in [0.2, 0.25) is 0 Å². The first-order valence-corrected chi connectivity index (χ1v) is 15.3. The summed E-state index contributed by atoms with van der Waals surface area (Å²) in [5.41, 5.74) is 1.98. The van der Waals surface area contributed by atoms with Gasteiger partial charge in [0.25, 0.3) is 21.8 Å². The van der Waals surface area contributed by atoms with Gasteiger partial charge in [0, 0.05) is 23.1 Å². The second-order valence-electron chi connectivity index (χ2n) is 11.5. The van der Waals surface area contributed by atoms with Crippen LogP contribution in [0.25, 0.3) is 0 Å². The summed E-state index contributed by atoms with van der Waals surface area (Å²) in [7, 11) is -4.28. The number of carbonyl (C=O) groups is 2. The molecule has 9 nitrogen and oxygen atoms in total. The second kappa shape index (κ2) is 10.4. The van der Waals surface area contributed by atoms with Crippen LogP contribution in [0.5, 0.6) is 11.5 Å². The molecule has 0 aromatic heterocycles. The molecule has 220 valence electrons. The normalized spacial score (nSPS) is 22.4. The SMILES string of the molecule is Cc1cc2c(cc1S(=O)(=O)NC(=O)c1ccc3c(c1)[C@@H]1O[C@H](Cc4ccc(F)cc4)CC[C@H]1C(C)(C)O3)OCC(=O)N2. The lowest BCUT2D eigenvalue weighted by atomic mass is 9.74. The number of hydrogen-bond acceptors (Lipinski definition) is 7. The van der Waals surface area contributed by atoms with E-state index in [0.29, 0.717) is 29.0 Å². The number of carbonyl (C=O) groups excluding carboxylic acids is 2. The molecular weight excluding hydrogens is 563 g/mol. The molecule has 0 aliphatic carbocycles. The molecule has 2 N–H and O–H groups in total. The monoisotopic (exact) mass is 594 g/mol. The molecule has 0 radical (unpaired) electrons. The average Bonchev–Trinajstić information content (AvgIpc) is 2.93. The zero-order chi connectivity index (χ0) is 29.8. The van der Waals surface area contributed by atoms with Gasteiger partial charge < -0.3 is 19.5 Å². The number of rotatable bonds is 5. The number of halogens is 1. The Kier molecular flexibility index (Phi) is 6.97. The van der Waals surface area contributed by atoms with Crippen LogP contribution in [0.1, 0.15) is 59.8 Å². The van der Waals surface area contributed by atoms with E-state index in [-0.39, 0.29) is 52.7 Å². The first-order chi connectivity index (χ1) is 19.9. The molecule has 2 amide bonds. The van der Waals surface area contributed by atoms with E-state index in [1.54, 1.807) is 31.2 Å². The van der Waals surface area contributed by atoms with E-state index in [1.165, 1.54) is 30.3 Å². The van der Waals surface area contributed by atoms with Crippen molar-refractivity contribution in [1.29, 1.82) is 0 Å². The number of benzene rings is 3. The highest BCUT2D eigenvalue weighted by Gasteiger charge is 2.47. The summed E-state index contributed by atoms with van der Waals surface area (Å²) < 4.78 is 60.4. The summed E-state index contributed by atoms with van der Waals surface area (Å²) in [5, 5.41) is 2.64. The van der Waals surface area contributed by atoms with Gasteiger partial charge in [-0.05, 0) is 87.6 Å². The zero-order valence-corrected chi connectivity index (χ0v) is 24.2. The van der Waals surface area contributed by atoms with Crippen molar-refractivity contribution in [2.24, 2.45) is 5.92 Å². The van der Waals surface area contributed by atoms with Crippen molar-refractivity contribution in [2.45, 2.75) is 62.7 Å². The Labute approximate surface area is 243 Å². The van der Waals surface area contributed by atoms with E-state index in [1.807, 2.05) is 13.8 Å². The van der Waals surface area contributed by atoms with Gasteiger partial charge in [0.05, 0.1) is 22.8 Å². The van der Waals surface area contributed by atoms with Crippen molar-refractivity contribution in [3.05, 3.63) is 82.7 Å². The van der Waals surface area contributed by atoms with E-state index in [2.05, 4.69) is 10.0 Å². The minimum atomic E-state index is -4.28. The summed E-state index contributed by atoms with van der Waals surface area (Å²) in [5.74, 6) is -0.638. The van der Waals surface area contributed by atoms with Crippen LogP contribution in [0.2, 0.25) is 0 Å². The van der Waals surface area contributed by atoms with E-state index in [9.17, 15) is 22.4 Å². The second-order valence-corrected chi connectivity index (χ2v) is 13.2. The predicted octanol–water partition coefficient (Wildman–Crippen LogP) is 4.83. The molecule has 42 heavy (non-hydrogen) atoms. The molecule has 0 spiro atoms. The first kappa shape index (κ1) is 28.2. The minimum absolute atomic E-state index is 0.00940. The van der Waals surface area contributed by atoms with Gasteiger partial charge in [0.1, 0.15) is 22.9 Å². The van der Waals surface area contributed by atoms with Gasteiger partial charge in [-0.3, -0.25) is 9.59 Å². The van der Waals surface area contributed by atoms with E-state index in [4.69, 9.17) is 14.2 Å². The Bertz CT molecular complexity index is 1690. The van der Waals surface area contributed by atoms with E-state index >= 15 is 0 Å². The fourth-order valence-corrected chi connectivity index (χ4v) is 7.25. The van der Waals surface area contributed by atoms with Crippen molar-refractivity contribution < 1.29 is 36.6 Å². The number of fused-ring (bicyclic) bond motifs is 4. The molecule has 3 heterocycles. The molecule has 3 aliphatic rings. The van der Waals surface area contributed by atoms with Crippen LogP contribution in [0, 0.1) is 18.7 Å². The smallest absolute Gasteiger partial charge is 0.265 e. The molecule has 0 saturated carbocycles. The number of anilines is 1. The summed E-state index contributed by atoms with van der Waals surface area (Å²) in [6.45, 7) is 5.37. The molecule has 3 atom stereocenters. The van der Waals surface area contributed by atoms with Gasteiger partial charge in [-0.2, -0.15) is 0 Å². The average molecular weight is 595 g/mol. The highest BCUT2D eigenvalue weighted by atomic mass is 32.2. The van der Waals surface area contributed by atoms with Crippen molar-refractivity contribution >= 4 is 27.5 Å². The van der Waals surface area contributed by atoms with Crippen LogP contribution >= 0.6 is 0 Å². The highest BCUT2D eigenvalue weighted by Crippen LogP contribution is 2.51. The highest BCUT2D eigenvalue weighted by molar-refractivity contribution is 7.90. The Balaban J connectivity index is 1.25. The standard InChI is InChI=1S/C31H31FN2O7S/c1-17-12-24-26(39-16-28(35)33-24)15-27(17)42(37,38)34-30(36)19-6-11-25-22(14-19)29-23(31(2,3)41-25)10-9-21(40-29)13-18-4-7-20(32)8-5-18/h4-8,11-12,14-15,21,23,29H,9-10,13,16H2,1-3H3,(H,33,35)(H,34,36)/t21-,23+,29-/m0/s1. The summed E-state index contributed by atoms with van der Waals surface area (Å²) in [6, 6.07) is 14.0. The number of sulfonamides is 1. The van der Waals surface area contributed by atoms with Gasteiger partial charge >= 0.3 is 0 Å². The zero-order valence-electron chi connectivity index (χ0n) is 23.4. The number of amides is 2. The fraction of sp³-hybridized carbons (Fsp3) is 0.355. The molecule has 6 rings (SSSR count). The van der Waals surface area contributed by atoms with Crippen molar-refractivity contribution in [2.75, 3.05) is 11.9 Å². The van der Waals surface area contributed by atoms with Crippen LogP contribution < -0.4 is 19.5 Å². The lowest BCUT2D eigenvalue weighted by Gasteiger charge is -2.49. The lowest BCUT2D eigenvalue weighted by Crippen LogP contribution is -2.48. The minimum Gasteiger partial charge on any atom is -0.487 e. The van der Waals surface area contributed by atoms with E-state index < -0.39 is 21.5 Å². The van der Waals surface area contributed by atoms with Crippen LogP contribution in [0.3, 0.4) is 0 Å². The molecule has 3 aromatic carbocycles. The molecule has 0 unspecified atom stereocenters. The summed E-state index contributed by atoms with van der Waals surface area (Å²) >= 11 is 0. The summed E-state index contributed by atoms with van der Waals surface area (Å²) in [4.78, 5) is 24.8. The lowest BCUT2D eigenvalue weighted by molar-refractivity contribution is -0.149. The Morgan fingerprint density at radius 2 is 1.83 bits per heavy atom. The number of hydrogen-bond donors (Lipinski definition) is 2. The van der Waals surface area contributed by atoms with Crippen molar-refractivity contribution in [1.82, 2.24) is 4.72 Å². The van der Waals surface area contributed by atoms with Crippen LogP contribution in [-0.2, 0) is 26.0 Å². The molecule has 0 bridgehead atoms. The third-order valence-corrected chi connectivity index (χ3v) is 9.62. The van der Waals surface area contributed by atoms with Crippen LogP contribution in [-0.4, -0.2) is 38.5 Å². The Morgan fingerprint density at radius 1 is 1.07 bits per heavy atom. The van der Waals surface area contributed by atoms with Crippen molar-refractivity contribution in [3.63, 3.8) is 0 Å². The van der Waals surface area contributed by atoms with Crippen LogP contribution in [0.4, 0.5) is 10.1 Å². The van der Waals surface area contributed by atoms with Crippen molar-refractivity contribution in [3.8, 4) is 11.5 Å². The predicted molar refractivity (Wildman–Crippen MR) is 152 cm³/mol. The first-order valence-electron chi connectivity index (χ1n) is 13.8. The third kappa shape index (κ3) is 5.34. The topological polar surface area (TPSA) is 120 Å². The number of ether oxygens (including phenoxy) is 3. The molecular formula is C31H31FN2O7S. The number of aryl methyl sites for hydroxylation is 1. The molecule has 1 fully saturated rings. The largest absolute Gasteiger partial charge is 0.487 e. The molecule has 3 aromatic rings. The van der Waals surface area contributed by atoms with Crippen LogP contribution in [0.15, 0.2) is 59.5 Å². The maximum absolute atomic E-state index is 13.4. The molecule has 11 heteroatoms. The maximum Gasteiger partial charge on any atom is 0.265 e. The molecule has 1 saturated heterocycles. The van der Waals surface area contributed by atoms with Gasteiger partial charge in [0.15, 0.2) is 6.61 Å². The van der Waals surface area contributed by atoms with E-state index in [0.717, 1.165) is 18.4 Å².